The summed E-state index contributed by atoms with van der Waals surface area (Å²) in [5.41, 5.74) is 1.90. The number of nitrogens with one attached hydrogen (secondary N) is 3. The minimum atomic E-state index is -0.392. The molecule has 1 aromatic heterocycles. The number of aromatic nitrogens is 1. The molecule has 8 heteroatoms. The third kappa shape index (κ3) is 3.79. The van der Waals surface area contributed by atoms with Crippen molar-refractivity contribution in [3.8, 4) is 11.6 Å². The van der Waals surface area contributed by atoms with E-state index in [4.69, 9.17) is 9.47 Å². The monoisotopic (exact) mass is 342 g/mol. The molecule has 0 radical (unpaired) electrons. The summed E-state index contributed by atoms with van der Waals surface area (Å²) in [5.74, 6) is 0.741. The molecular formula is C17H18N4O4. The highest BCUT2D eigenvalue weighted by molar-refractivity contribution is 5.95. The number of urea groups is 1. The first-order chi connectivity index (χ1) is 12.1. The molecular weight excluding hydrogens is 324 g/mol. The standard InChI is InChI=1S/C17H18N4O4/c1-10(11-5-6-14-13(8-11)20-15(22)9-25-14)19-17(23)21-12-4-3-7-18-16(12)24-2/h3-8,10H,9H2,1-2H3,(H,20,22)(H2,19,21,23)/t10-/m1/s1. The third-order valence-corrected chi connectivity index (χ3v) is 3.70. The fourth-order valence-corrected chi connectivity index (χ4v) is 2.46. The number of methoxy groups -OCH3 is 1. The molecule has 0 bridgehead atoms. The molecule has 3 amide bonds. The topological polar surface area (TPSA) is 102 Å². The second-order valence-corrected chi connectivity index (χ2v) is 5.47. The van der Waals surface area contributed by atoms with Crippen LogP contribution in [0.1, 0.15) is 18.5 Å². The van der Waals surface area contributed by atoms with Crippen molar-refractivity contribution in [2.24, 2.45) is 0 Å². The Morgan fingerprint density at radius 1 is 1.40 bits per heavy atom. The van der Waals surface area contributed by atoms with E-state index in [1.54, 1.807) is 30.5 Å². The van der Waals surface area contributed by atoms with Crippen LogP contribution in [0.15, 0.2) is 36.5 Å². The van der Waals surface area contributed by atoms with Crippen LogP contribution < -0.4 is 25.4 Å². The zero-order valence-corrected chi connectivity index (χ0v) is 13.8. The van der Waals surface area contributed by atoms with Crippen LogP contribution in [-0.4, -0.2) is 30.6 Å². The predicted octanol–water partition coefficient (Wildman–Crippen LogP) is 2.30. The lowest BCUT2D eigenvalue weighted by Crippen LogP contribution is -2.31. The molecule has 0 saturated heterocycles. The quantitative estimate of drug-likeness (QED) is 0.791. The molecule has 1 aliphatic heterocycles. The van der Waals surface area contributed by atoms with Gasteiger partial charge in [-0.05, 0) is 36.8 Å². The molecule has 8 nitrogen and oxygen atoms in total. The second kappa shape index (κ2) is 7.08. The highest BCUT2D eigenvalue weighted by Crippen LogP contribution is 2.30. The van der Waals surface area contributed by atoms with E-state index in [2.05, 4.69) is 20.9 Å². The third-order valence-electron chi connectivity index (χ3n) is 3.70. The van der Waals surface area contributed by atoms with Crippen LogP contribution in [0.3, 0.4) is 0 Å². The van der Waals surface area contributed by atoms with Crippen molar-refractivity contribution in [2.45, 2.75) is 13.0 Å². The lowest BCUT2D eigenvalue weighted by atomic mass is 10.1. The number of fused-ring (bicyclic) bond motifs is 1. The Labute approximate surface area is 144 Å². The predicted molar refractivity (Wildman–Crippen MR) is 91.9 cm³/mol. The van der Waals surface area contributed by atoms with Crippen molar-refractivity contribution in [1.82, 2.24) is 10.3 Å². The Bertz CT molecular complexity index is 809. The van der Waals surface area contributed by atoms with Crippen molar-refractivity contribution in [2.75, 3.05) is 24.4 Å². The molecule has 2 aromatic rings. The van der Waals surface area contributed by atoms with Gasteiger partial charge in [-0.1, -0.05) is 6.07 Å². The van der Waals surface area contributed by atoms with Gasteiger partial charge in [0.2, 0.25) is 5.88 Å². The second-order valence-electron chi connectivity index (χ2n) is 5.47. The number of carbonyl (C=O) groups is 2. The summed E-state index contributed by atoms with van der Waals surface area (Å²) >= 11 is 0. The number of hydrogen-bond acceptors (Lipinski definition) is 5. The molecule has 1 aromatic carbocycles. The molecule has 3 rings (SSSR count). The van der Waals surface area contributed by atoms with E-state index in [9.17, 15) is 9.59 Å². The number of benzene rings is 1. The minimum Gasteiger partial charge on any atom is -0.482 e. The fraction of sp³-hybridized carbons (Fsp3) is 0.235. The van der Waals surface area contributed by atoms with E-state index in [0.29, 0.717) is 23.0 Å². The number of rotatable bonds is 4. The first-order valence-corrected chi connectivity index (χ1v) is 7.70. The average molecular weight is 342 g/mol. The normalized spacial score (nSPS) is 13.8. The molecule has 25 heavy (non-hydrogen) atoms. The van der Waals surface area contributed by atoms with Crippen molar-refractivity contribution in [3.63, 3.8) is 0 Å². The lowest BCUT2D eigenvalue weighted by molar-refractivity contribution is -0.118. The van der Waals surface area contributed by atoms with Crippen molar-refractivity contribution in [3.05, 3.63) is 42.1 Å². The Morgan fingerprint density at radius 3 is 3.04 bits per heavy atom. The van der Waals surface area contributed by atoms with Crippen LogP contribution >= 0.6 is 0 Å². The van der Waals surface area contributed by atoms with E-state index in [1.807, 2.05) is 13.0 Å². The molecule has 0 unspecified atom stereocenters. The van der Waals surface area contributed by atoms with Crippen molar-refractivity contribution in [1.29, 1.82) is 0 Å². The van der Waals surface area contributed by atoms with Gasteiger partial charge in [-0.2, -0.15) is 0 Å². The van der Waals surface area contributed by atoms with E-state index in [1.165, 1.54) is 7.11 Å². The molecule has 1 aliphatic rings. The fourth-order valence-electron chi connectivity index (χ4n) is 2.46. The van der Waals surface area contributed by atoms with Crippen LogP contribution in [0, 0.1) is 0 Å². The van der Waals surface area contributed by atoms with Crippen LogP contribution in [0.5, 0.6) is 11.6 Å². The van der Waals surface area contributed by atoms with Gasteiger partial charge >= 0.3 is 6.03 Å². The molecule has 0 saturated carbocycles. The maximum Gasteiger partial charge on any atom is 0.319 e. The largest absolute Gasteiger partial charge is 0.482 e. The number of anilines is 2. The van der Waals surface area contributed by atoms with Gasteiger partial charge in [-0.15, -0.1) is 0 Å². The maximum atomic E-state index is 12.2. The first-order valence-electron chi connectivity index (χ1n) is 7.70. The lowest BCUT2D eigenvalue weighted by Gasteiger charge is -2.21. The maximum absolute atomic E-state index is 12.2. The first kappa shape index (κ1) is 16.6. The van der Waals surface area contributed by atoms with Gasteiger partial charge in [0.15, 0.2) is 6.61 Å². The molecule has 130 valence electrons. The van der Waals surface area contributed by atoms with Crippen LogP contribution in [0.25, 0.3) is 0 Å². The van der Waals surface area contributed by atoms with E-state index >= 15 is 0 Å². The summed E-state index contributed by atoms with van der Waals surface area (Å²) < 4.78 is 10.4. The molecule has 1 atom stereocenters. The molecule has 0 fully saturated rings. The summed E-state index contributed by atoms with van der Waals surface area (Å²) in [6.07, 6.45) is 1.58. The molecule has 2 heterocycles. The van der Waals surface area contributed by atoms with E-state index in [-0.39, 0.29) is 18.6 Å². The smallest absolute Gasteiger partial charge is 0.319 e. The van der Waals surface area contributed by atoms with Crippen molar-refractivity contribution < 1.29 is 19.1 Å². The zero-order chi connectivity index (χ0) is 17.8. The summed E-state index contributed by atoms with van der Waals surface area (Å²) in [7, 11) is 1.48. The van der Waals surface area contributed by atoms with Gasteiger partial charge in [0.1, 0.15) is 11.4 Å². The van der Waals surface area contributed by atoms with Crippen LogP contribution in [-0.2, 0) is 4.79 Å². The average Bonchev–Trinajstić information content (AvgIpc) is 2.61. The summed E-state index contributed by atoms with van der Waals surface area (Å²) in [6.45, 7) is 1.85. The Kier molecular flexibility index (Phi) is 4.69. The van der Waals surface area contributed by atoms with Gasteiger partial charge in [0, 0.05) is 6.20 Å². The van der Waals surface area contributed by atoms with Crippen molar-refractivity contribution >= 4 is 23.3 Å². The number of hydrogen-bond donors (Lipinski definition) is 3. The number of amides is 3. The number of carbonyl (C=O) groups excluding carboxylic acids is 2. The van der Waals surface area contributed by atoms with Gasteiger partial charge in [0.05, 0.1) is 18.8 Å². The van der Waals surface area contributed by atoms with Crippen LogP contribution in [0.4, 0.5) is 16.2 Å². The summed E-state index contributed by atoms with van der Waals surface area (Å²) in [4.78, 5) is 27.6. The Morgan fingerprint density at radius 2 is 2.24 bits per heavy atom. The Balaban J connectivity index is 1.67. The molecule has 3 N–H and O–H groups in total. The number of pyridine rings is 1. The minimum absolute atomic E-state index is 0.00942. The SMILES string of the molecule is COc1ncccc1NC(=O)N[C@H](C)c1ccc2c(c1)NC(=O)CO2. The van der Waals surface area contributed by atoms with Gasteiger partial charge < -0.3 is 25.4 Å². The zero-order valence-electron chi connectivity index (χ0n) is 13.8. The van der Waals surface area contributed by atoms with Gasteiger partial charge in [0.25, 0.3) is 5.91 Å². The molecule has 0 aliphatic carbocycles. The van der Waals surface area contributed by atoms with E-state index < -0.39 is 6.03 Å². The van der Waals surface area contributed by atoms with Gasteiger partial charge in [-0.25, -0.2) is 9.78 Å². The number of ether oxygens (including phenoxy) is 2. The van der Waals surface area contributed by atoms with Gasteiger partial charge in [-0.3, -0.25) is 4.79 Å². The summed E-state index contributed by atoms with van der Waals surface area (Å²) in [5, 5.41) is 8.27. The molecule has 0 spiro atoms. The number of nitrogens with zero attached hydrogens (tertiary/aromatic N) is 1. The highest BCUT2D eigenvalue weighted by atomic mass is 16.5. The highest BCUT2D eigenvalue weighted by Gasteiger charge is 2.18. The van der Waals surface area contributed by atoms with Crippen LogP contribution in [0.2, 0.25) is 0 Å². The summed E-state index contributed by atoms with van der Waals surface area (Å²) in [6, 6.07) is 8.11. The Hall–Kier alpha value is -3.29. The van der Waals surface area contributed by atoms with E-state index in [0.717, 1.165) is 5.56 Å².